The summed E-state index contributed by atoms with van der Waals surface area (Å²) in [6.07, 6.45) is 2.94. The minimum Gasteiger partial charge on any atom is -0.352 e. The molecule has 7 nitrogen and oxygen atoms in total. The highest BCUT2D eigenvalue weighted by Gasteiger charge is 2.29. The fourth-order valence-corrected chi connectivity index (χ4v) is 5.38. The second-order valence-electron chi connectivity index (χ2n) is 9.97. The van der Waals surface area contributed by atoms with Crippen molar-refractivity contribution in [2.24, 2.45) is 0 Å². The van der Waals surface area contributed by atoms with E-state index in [0.29, 0.717) is 25.1 Å². The maximum atomic E-state index is 13.6. The summed E-state index contributed by atoms with van der Waals surface area (Å²) in [4.78, 5) is 28.4. The first-order valence-electron chi connectivity index (χ1n) is 13.1. The van der Waals surface area contributed by atoms with Crippen molar-refractivity contribution in [3.05, 3.63) is 64.7 Å². The first kappa shape index (κ1) is 30.4. The predicted octanol–water partition coefficient (Wildman–Crippen LogP) is 4.88. The summed E-state index contributed by atoms with van der Waals surface area (Å²) in [5.74, 6) is -0.324. The Morgan fingerprint density at radius 1 is 0.973 bits per heavy atom. The SMILES string of the molecule is CC[C@H](C)NC(=O)[C@H](CC)N(Cc1ccccc1C)C(=O)CCCN(c1cc(C)cc(C)c1)S(C)(=O)=O. The summed E-state index contributed by atoms with van der Waals surface area (Å²) in [7, 11) is -3.53. The Morgan fingerprint density at radius 2 is 1.59 bits per heavy atom. The second-order valence-corrected chi connectivity index (χ2v) is 11.9. The van der Waals surface area contributed by atoms with Gasteiger partial charge in [-0.05, 0) is 81.3 Å². The predicted molar refractivity (Wildman–Crippen MR) is 151 cm³/mol. The number of nitrogens with one attached hydrogen (secondary N) is 1. The van der Waals surface area contributed by atoms with Gasteiger partial charge in [0, 0.05) is 25.6 Å². The van der Waals surface area contributed by atoms with E-state index in [2.05, 4.69) is 5.32 Å². The van der Waals surface area contributed by atoms with Gasteiger partial charge in [0.05, 0.1) is 11.9 Å². The number of carbonyl (C=O) groups is 2. The quantitative estimate of drug-likeness (QED) is 0.401. The lowest BCUT2D eigenvalue weighted by atomic mass is 10.0. The number of anilines is 1. The summed E-state index contributed by atoms with van der Waals surface area (Å²) in [6.45, 7) is 12.2. The van der Waals surface area contributed by atoms with E-state index < -0.39 is 16.1 Å². The molecule has 37 heavy (non-hydrogen) atoms. The van der Waals surface area contributed by atoms with E-state index in [9.17, 15) is 18.0 Å². The third-order valence-electron chi connectivity index (χ3n) is 6.64. The highest BCUT2D eigenvalue weighted by molar-refractivity contribution is 7.92. The fraction of sp³-hybridized carbons (Fsp3) is 0.517. The van der Waals surface area contributed by atoms with Gasteiger partial charge in [0.25, 0.3) is 0 Å². The van der Waals surface area contributed by atoms with Crippen molar-refractivity contribution >= 4 is 27.5 Å². The molecular formula is C29H43N3O4S. The van der Waals surface area contributed by atoms with Crippen LogP contribution in [0.15, 0.2) is 42.5 Å². The van der Waals surface area contributed by atoms with Gasteiger partial charge in [-0.2, -0.15) is 0 Å². The monoisotopic (exact) mass is 529 g/mol. The van der Waals surface area contributed by atoms with E-state index in [4.69, 9.17) is 0 Å². The van der Waals surface area contributed by atoms with Crippen LogP contribution in [0.2, 0.25) is 0 Å². The second kappa shape index (κ2) is 13.6. The Kier molecular flexibility index (Phi) is 11.2. The van der Waals surface area contributed by atoms with Crippen LogP contribution < -0.4 is 9.62 Å². The molecule has 2 amide bonds. The van der Waals surface area contributed by atoms with E-state index in [-0.39, 0.29) is 30.8 Å². The Labute approximate surface area is 223 Å². The zero-order chi connectivity index (χ0) is 27.8. The molecule has 0 fully saturated rings. The first-order valence-corrected chi connectivity index (χ1v) is 14.9. The molecule has 2 aromatic rings. The number of amides is 2. The van der Waals surface area contributed by atoms with Crippen LogP contribution in [0, 0.1) is 20.8 Å². The van der Waals surface area contributed by atoms with Gasteiger partial charge in [-0.25, -0.2) is 8.42 Å². The average molecular weight is 530 g/mol. The number of sulfonamides is 1. The summed E-state index contributed by atoms with van der Waals surface area (Å²) in [5.41, 5.74) is 4.59. The Balaban J connectivity index is 2.26. The lowest BCUT2D eigenvalue weighted by molar-refractivity contribution is -0.141. The molecule has 2 rings (SSSR count). The first-order chi connectivity index (χ1) is 17.4. The Bertz CT molecular complexity index is 1160. The van der Waals surface area contributed by atoms with Crippen LogP contribution in [-0.2, 0) is 26.2 Å². The number of benzene rings is 2. The van der Waals surface area contributed by atoms with E-state index in [1.165, 1.54) is 10.6 Å². The van der Waals surface area contributed by atoms with Gasteiger partial charge in [0.1, 0.15) is 6.04 Å². The zero-order valence-corrected chi connectivity index (χ0v) is 24.2. The molecule has 204 valence electrons. The molecule has 0 aliphatic rings. The number of carbonyl (C=O) groups excluding carboxylic acids is 2. The van der Waals surface area contributed by atoms with E-state index in [1.54, 1.807) is 4.90 Å². The largest absolute Gasteiger partial charge is 0.352 e. The summed E-state index contributed by atoms with van der Waals surface area (Å²) in [5, 5.41) is 3.02. The molecule has 0 radical (unpaired) electrons. The molecular weight excluding hydrogens is 486 g/mol. The van der Waals surface area contributed by atoms with Crippen LogP contribution in [0.4, 0.5) is 5.69 Å². The third-order valence-corrected chi connectivity index (χ3v) is 7.83. The maximum absolute atomic E-state index is 13.6. The summed E-state index contributed by atoms with van der Waals surface area (Å²) in [6, 6.07) is 12.9. The highest BCUT2D eigenvalue weighted by atomic mass is 32.2. The topological polar surface area (TPSA) is 86.8 Å². The molecule has 0 aliphatic carbocycles. The third kappa shape index (κ3) is 8.88. The summed E-state index contributed by atoms with van der Waals surface area (Å²) < 4.78 is 26.6. The van der Waals surface area contributed by atoms with Gasteiger partial charge in [-0.1, -0.05) is 44.2 Å². The van der Waals surface area contributed by atoms with Crippen LogP contribution in [0.25, 0.3) is 0 Å². The van der Waals surface area contributed by atoms with E-state index in [1.807, 2.05) is 84.0 Å². The van der Waals surface area contributed by atoms with Gasteiger partial charge >= 0.3 is 0 Å². The van der Waals surface area contributed by atoms with Crippen LogP contribution in [0.1, 0.15) is 68.7 Å². The Hall–Kier alpha value is -2.87. The number of nitrogens with zero attached hydrogens (tertiary/aromatic N) is 2. The standard InChI is InChI=1S/C29H43N3O4S/c1-8-24(6)30-29(34)27(9-2)31(20-25-14-11-10-13-23(25)5)28(33)15-12-16-32(37(7,35)36)26-18-21(3)17-22(4)19-26/h10-11,13-14,17-19,24,27H,8-9,12,15-16,20H2,1-7H3,(H,30,34)/t24-,27-/m0/s1. The number of hydrogen-bond donors (Lipinski definition) is 1. The number of rotatable bonds is 13. The molecule has 0 bridgehead atoms. The van der Waals surface area contributed by atoms with E-state index >= 15 is 0 Å². The van der Waals surface area contributed by atoms with Gasteiger partial charge in [0.2, 0.25) is 21.8 Å². The van der Waals surface area contributed by atoms with E-state index in [0.717, 1.165) is 28.7 Å². The van der Waals surface area contributed by atoms with Crippen molar-refractivity contribution in [3.8, 4) is 0 Å². The normalized spacial score (nSPS) is 13.1. The van der Waals surface area contributed by atoms with Gasteiger partial charge in [-0.15, -0.1) is 0 Å². The minimum absolute atomic E-state index is 0.0121. The van der Waals surface area contributed by atoms with Gasteiger partial charge in [-0.3, -0.25) is 13.9 Å². The van der Waals surface area contributed by atoms with Crippen molar-refractivity contribution in [2.75, 3.05) is 17.1 Å². The smallest absolute Gasteiger partial charge is 0.243 e. The molecule has 0 spiro atoms. The maximum Gasteiger partial charge on any atom is 0.243 e. The van der Waals surface area contributed by atoms with Crippen LogP contribution >= 0.6 is 0 Å². The molecule has 0 aliphatic heterocycles. The molecule has 0 unspecified atom stereocenters. The van der Waals surface area contributed by atoms with Crippen molar-refractivity contribution in [1.29, 1.82) is 0 Å². The molecule has 0 saturated carbocycles. The number of hydrogen-bond acceptors (Lipinski definition) is 4. The molecule has 2 aromatic carbocycles. The molecule has 8 heteroatoms. The molecule has 1 N–H and O–H groups in total. The molecule has 0 saturated heterocycles. The molecule has 0 heterocycles. The van der Waals surface area contributed by atoms with Crippen molar-refractivity contribution in [2.45, 2.75) is 85.9 Å². The zero-order valence-electron chi connectivity index (χ0n) is 23.4. The Morgan fingerprint density at radius 3 is 2.14 bits per heavy atom. The average Bonchev–Trinajstić information content (AvgIpc) is 2.81. The van der Waals surface area contributed by atoms with Crippen LogP contribution in [0.5, 0.6) is 0 Å². The van der Waals surface area contributed by atoms with Gasteiger partial charge < -0.3 is 10.2 Å². The highest BCUT2D eigenvalue weighted by Crippen LogP contribution is 2.23. The lowest BCUT2D eigenvalue weighted by Gasteiger charge is -2.32. The van der Waals surface area contributed by atoms with Crippen LogP contribution in [-0.4, -0.2) is 50.0 Å². The molecule has 0 aromatic heterocycles. The van der Waals surface area contributed by atoms with Crippen molar-refractivity contribution in [3.63, 3.8) is 0 Å². The summed E-state index contributed by atoms with van der Waals surface area (Å²) >= 11 is 0. The van der Waals surface area contributed by atoms with Crippen molar-refractivity contribution < 1.29 is 18.0 Å². The lowest BCUT2D eigenvalue weighted by Crippen LogP contribution is -2.50. The van der Waals surface area contributed by atoms with Gasteiger partial charge in [0.15, 0.2) is 0 Å². The number of aryl methyl sites for hydroxylation is 3. The van der Waals surface area contributed by atoms with Crippen molar-refractivity contribution in [1.82, 2.24) is 10.2 Å². The minimum atomic E-state index is -3.53. The fourth-order valence-electron chi connectivity index (χ4n) is 4.43. The molecule has 2 atom stereocenters. The van der Waals surface area contributed by atoms with Crippen LogP contribution in [0.3, 0.4) is 0 Å².